The molecule has 2 aromatic carbocycles. The van der Waals surface area contributed by atoms with Crippen LogP contribution in [-0.4, -0.2) is 26.9 Å². The van der Waals surface area contributed by atoms with Gasteiger partial charge in [-0.05, 0) is 41.5 Å². The zero-order chi connectivity index (χ0) is 17.2. The molecule has 25 heavy (non-hydrogen) atoms. The molecule has 4 rings (SSSR count). The highest BCUT2D eigenvalue weighted by Crippen LogP contribution is 2.32. The average Bonchev–Trinajstić information content (AvgIpc) is 3.05. The molecule has 0 N–H and O–H groups in total. The minimum atomic E-state index is 0.647. The summed E-state index contributed by atoms with van der Waals surface area (Å²) in [4.78, 5) is 4.26. The normalized spacial score (nSPS) is 11.0. The van der Waals surface area contributed by atoms with Crippen molar-refractivity contribution in [2.45, 2.75) is 13.5 Å². The molecule has 0 unspecified atom stereocenters. The second-order valence-electron chi connectivity index (χ2n) is 5.93. The van der Waals surface area contributed by atoms with Gasteiger partial charge in [-0.1, -0.05) is 24.3 Å². The molecular formula is C20H18N4O. The first-order valence-corrected chi connectivity index (χ1v) is 8.11. The van der Waals surface area contributed by atoms with Crippen LogP contribution in [0.15, 0.2) is 61.1 Å². The maximum absolute atomic E-state index is 5.47. The maximum Gasteiger partial charge on any atom is 0.120 e. The molecular weight excluding hydrogens is 312 g/mol. The Labute approximate surface area is 145 Å². The van der Waals surface area contributed by atoms with Crippen LogP contribution in [0.2, 0.25) is 0 Å². The predicted octanol–water partition coefficient (Wildman–Crippen LogP) is 3.86. The van der Waals surface area contributed by atoms with Gasteiger partial charge in [0.1, 0.15) is 11.6 Å². The summed E-state index contributed by atoms with van der Waals surface area (Å²) in [5, 5.41) is 10.8. The molecule has 5 nitrogen and oxygen atoms in total. The molecule has 0 radical (unpaired) electrons. The van der Waals surface area contributed by atoms with Crippen molar-refractivity contribution < 1.29 is 4.74 Å². The zero-order valence-electron chi connectivity index (χ0n) is 14.2. The Hall–Kier alpha value is -3.21. The number of aromatic nitrogens is 4. The SMILES string of the molecule is COc1cc(-c2cnnc(Cn3ccnc3C)c2)c2ccccc2c1. The van der Waals surface area contributed by atoms with Gasteiger partial charge in [-0.2, -0.15) is 10.2 Å². The van der Waals surface area contributed by atoms with Gasteiger partial charge < -0.3 is 9.30 Å². The summed E-state index contributed by atoms with van der Waals surface area (Å²) in [6.45, 7) is 2.63. The molecule has 124 valence electrons. The molecule has 2 aromatic heterocycles. The average molecular weight is 330 g/mol. The first kappa shape index (κ1) is 15.3. The number of hydrogen-bond acceptors (Lipinski definition) is 4. The van der Waals surface area contributed by atoms with E-state index in [1.54, 1.807) is 19.5 Å². The summed E-state index contributed by atoms with van der Waals surface area (Å²) in [6.07, 6.45) is 5.54. The second kappa shape index (κ2) is 6.36. The van der Waals surface area contributed by atoms with Gasteiger partial charge in [-0.25, -0.2) is 4.98 Å². The third-order valence-corrected chi connectivity index (χ3v) is 4.34. The van der Waals surface area contributed by atoms with Crippen molar-refractivity contribution in [3.8, 4) is 16.9 Å². The summed E-state index contributed by atoms with van der Waals surface area (Å²) >= 11 is 0. The molecule has 0 bridgehead atoms. The number of aryl methyl sites for hydroxylation is 1. The van der Waals surface area contributed by atoms with E-state index in [9.17, 15) is 0 Å². The number of nitrogens with zero attached hydrogens (tertiary/aromatic N) is 4. The lowest BCUT2D eigenvalue weighted by molar-refractivity contribution is 0.415. The molecule has 0 aliphatic rings. The van der Waals surface area contributed by atoms with Crippen molar-refractivity contribution in [2.24, 2.45) is 0 Å². The Morgan fingerprint density at radius 1 is 1.12 bits per heavy atom. The predicted molar refractivity (Wildman–Crippen MR) is 97.6 cm³/mol. The topological polar surface area (TPSA) is 52.8 Å². The van der Waals surface area contributed by atoms with Crippen LogP contribution >= 0.6 is 0 Å². The van der Waals surface area contributed by atoms with Crippen LogP contribution in [0.3, 0.4) is 0 Å². The smallest absolute Gasteiger partial charge is 0.120 e. The molecule has 5 heteroatoms. The molecule has 0 atom stereocenters. The summed E-state index contributed by atoms with van der Waals surface area (Å²) in [6, 6.07) is 14.4. The van der Waals surface area contributed by atoms with E-state index < -0.39 is 0 Å². The lowest BCUT2D eigenvalue weighted by atomic mass is 9.99. The Morgan fingerprint density at radius 3 is 2.80 bits per heavy atom. The van der Waals surface area contributed by atoms with Gasteiger partial charge in [-0.15, -0.1) is 0 Å². The number of hydrogen-bond donors (Lipinski definition) is 0. The van der Waals surface area contributed by atoms with Gasteiger partial charge in [0.05, 0.1) is 25.5 Å². The minimum absolute atomic E-state index is 0.647. The van der Waals surface area contributed by atoms with Crippen molar-refractivity contribution in [1.82, 2.24) is 19.7 Å². The number of ether oxygens (including phenoxy) is 1. The van der Waals surface area contributed by atoms with Gasteiger partial charge in [0.15, 0.2) is 0 Å². The van der Waals surface area contributed by atoms with E-state index in [-0.39, 0.29) is 0 Å². The Balaban J connectivity index is 1.81. The van der Waals surface area contributed by atoms with E-state index in [0.29, 0.717) is 6.54 Å². The highest BCUT2D eigenvalue weighted by Gasteiger charge is 2.09. The van der Waals surface area contributed by atoms with Gasteiger partial charge in [-0.3, -0.25) is 0 Å². The zero-order valence-corrected chi connectivity index (χ0v) is 14.2. The fraction of sp³-hybridized carbons (Fsp3) is 0.150. The van der Waals surface area contributed by atoms with Crippen molar-refractivity contribution in [3.63, 3.8) is 0 Å². The fourth-order valence-corrected chi connectivity index (χ4v) is 3.02. The van der Waals surface area contributed by atoms with Gasteiger partial charge >= 0.3 is 0 Å². The van der Waals surface area contributed by atoms with Crippen molar-refractivity contribution in [3.05, 3.63) is 72.6 Å². The number of rotatable bonds is 4. The summed E-state index contributed by atoms with van der Waals surface area (Å²) in [5.41, 5.74) is 3.01. The molecule has 2 heterocycles. The maximum atomic E-state index is 5.47. The molecule has 4 aromatic rings. The second-order valence-corrected chi connectivity index (χ2v) is 5.93. The Bertz CT molecular complexity index is 1040. The van der Waals surface area contributed by atoms with E-state index >= 15 is 0 Å². The molecule has 0 saturated carbocycles. The number of fused-ring (bicyclic) bond motifs is 1. The summed E-state index contributed by atoms with van der Waals surface area (Å²) < 4.78 is 7.52. The largest absolute Gasteiger partial charge is 0.497 e. The van der Waals surface area contributed by atoms with E-state index in [1.807, 2.05) is 37.4 Å². The molecule has 0 aliphatic heterocycles. The van der Waals surface area contributed by atoms with Crippen LogP contribution < -0.4 is 4.74 Å². The number of methoxy groups -OCH3 is 1. The lowest BCUT2D eigenvalue weighted by Gasteiger charge is -2.11. The van der Waals surface area contributed by atoms with Gasteiger partial charge in [0.2, 0.25) is 0 Å². The van der Waals surface area contributed by atoms with E-state index in [4.69, 9.17) is 4.74 Å². The van der Waals surface area contributed by atoms with Gasteiger partial charge in [0.25, 0.3) is 0 Å². The molecule has 0 saturated heterocycles. The van der Waals surface area contributed by atoms with E-state index in [1.165, 1.54) is 5.39 Å². The van der Waals surface area contributed by atoms with Crippen molar-refractivity contribution in [1.29, 1.82) is 0 Å². The summed E-state index contributed by atoms with van der Waals surface area (Å²) in [7, 11) is 1.69. The first-order valence-electron chi connectivity index (χ1n) is 8.11. The van der Waals surface area contributed by atoms with E-state index in [2.05, 4.69) is 37.9 Å². The fourth-order valence-electron chi connectivity index (χ4n) is 3.02. The molecule has 0 spiro atoms. The molecule has 0 amide bonds. The number of benzene rings is 2. The first-order chi connectivity index (χ1) is 12.2. The van der Waals surface area contributed by atoms with Crippen molar-refractivity contribution in [2.75, 3.05) is 7.11 Å². The quantitative estimate of drug-likeness (QED) is 0.570. The monoisotopic (exact) mass is 330 g/mol. The van der Waals surface area contributed by atoms with Crippen LogP contribution in [0, 0.1) is 6.92 Å². The van der Waals surface area contributed by atoms with Crippen molar-refractivity contribution >= 4 is 10.8 Å². The van der Waals surface area contributed by atoms with Crippen LogP contribution in [-0.2, 0) is 6.54 Å². The number of imidazole rings is 1. The third kappa shape index (κ3) is 2.96. The third-order valence-electron chi connectivity index (χ3n) is 4.34. The minimum Gasteiger partial charge on any atom is -0.497 e. The Morgan fingerprint density at radius 2 is 2.00 bits per heavy atom. The Kier molecular flexibility index (Phi) is 3.90. The van der Waals surface area contributed by atoms with Crippen LogP contribution in [0.25, 0.3) is 21.9 Å². The highest BCUT2D eigenvalue weighted by atomic mass is 16.5. The molecule has 0 aliphatic carbocycles. The van der Waals surface area contributed by atoms with Gasteiger partial charge in [0, 0.05) is 18.0 Å². The van der Waals surface area contributed by atoms with E-state index in [0.717, 1.165) is 33.8 Å². The standard InChI is InChI=1S/C20H18N4O/c1-14-21-7-8-24(14)13-17-9-16(12-22-23-17)20-11-18(25-2)10-15-5-3-4-6-19(15)20/h3-12H,13H2,1-2H3. The summed E-state index contributed by atoms with van der Waals surface area (Å²) in [5.74, 6) is 1.79. The highest BCUT2D eigenvalue weighted by molar-refractivity contribution is 5.97. The van der Waals surface area contributed by atoms with Crippen LogP contribution in [0.5, 0.6) is 5.75 Å². The molecule has 0 fully saturated rings. The van der Waals surface area contributed by atoms with Crippen LogP contribution in [0.4, 0.5) is 0 Å². The lowest BCUT2D eigenvalue weighted by Crippen LogP contribution is -2.04. The van der Waals surface area contributed by atoms with Crippen LogP contribution in [0.1, 0.15) is 11.5 Å².